The Labute approximate surface area is 215 Å². The quantitative estimate of drug-likeness (QED) is 0.535. The maximum absolute atomic E-state index is 13.4. The average Bonchev–Trinajstić information content (AvgIpc) is 2.84. The minimum atomic E-state index is -0.707. The van der Waals surface area contributed by atoms with Crippen molar-refractivity contribution in [3.63, 3.8) is 0 Å². The first-order valence-electron chi connectivity index (χ1n) is 12.4. The molecule has 2 heterocycles. The van der Waals surface area contributed by atoms with Crippen LogP contribution in [0.4, 0.5) is 4.79 Å². The zero-order chi connectivity index (χ0) is 22.3. The van der Waals surface area contributed by atoms with Crippen LogP contribution >= 0.6 is 24.8 Å². The van der Waals surface area contributed by atoms with Crippen LogP contribution in [0, 0.1) is 5.92 Å². The van der Waals surface area contributed by atoms with Crippen molar-refractivity contribution in [2.24, 2.45) is 5.92 Å². The number of carboxylic acids is 1. The maximum atomic E-state index is 13.4. The fraction of sp³-hybridized carbons (Fsp3) is 0.680. The van der Waals surface area contributed by atoms with E-state index in [2.05, 4.69) is 27.7 Å². The van der Waals surface area contributed by atoms with E-state index in [1.54, 1.807) is 0 Å². The van der Waals surface area contributed by atoms with Crippen LogP contribution in [0.15, 0.2) is 30.3 Å². The lowest BCUT2D eigenvalue weighted by Gasteiger charge is -2.43. The number of likely N-dealkylation sites (tertiary alicyclic amines) is 1. The van der Waals surface area contributed by atoms with Gasteiger partial charge in [-0.2, -0.15) is 0 Å². The number of nitrogens with one attached hydrogen (secondary N) is 2. The SMILES string of the molecule is Cl.Cl.O=C(O)C1CCC(NC(=O)N(Cc2ccccc2)C2CCN(C3CCNCC3)CC2)CC1. The molecule has 0 unspecified atom stereocenters. The molecule has 1 aliphatic carbocycles. The summed E-state index contributed by atoms with van der Waals surface area (Å²) in [6, 6.07) is 11.2. The number of rotatable bonds is 6. The van der Waals surface area contributed by atoms with Gasteiger partial charge in [-0.15, -0.1) is 24.8 Å². The van der Waals surface area contributed by atoms with E-state index in [4.69, 9.17) is 0 Å². The molecule has 2 amide bonds. The van der Waals surface area contributed by atoms with E-state index in [-0.39, 0.29) is 48.8 Å². The molecular formula is C25H40Cl2N4O3. The van der Waals surface area contributed by atoms with E-state index in [1.165, 1.54) is 12.8 Å². The molecule has 1 aromatic rings. The lowest BCUT2D eigenvalue weighted by Crippen LogP contribution is -2.54. The number of urea groups is 1. The summed E-state index contributed by atoms with van der Waals surface area (Å²) in [5.74, 6) is -0.969. The summed E-state index contributed by atoms with van der Waals surface area (Å²) < 4.78 is 0. The Balaban J connectivity index is 0.00000204. The molecule has 3 aliphatic rings. The van der Waals surface area contributed by atoms with Crippen molar-refractivity contribution in [3.05, 3.63) is 35.9 Å². The number of aliphatic carboxylic acids is 1. The first-order valence-corrected chi connectivity index (χ1v) is 12.4. The average molecular weight is 516 g/mol. The molecule has 3 N–H and O–H groups in total. The first kappa shape index (κ1) is 28.7. The summed E-state index contributed by atoms with van der Waals surface area (Å²) >= 11 is 0. The molecule has 0 spiro atoms. The van der Waals surface area contributed by atoms with Crippen LogP contribution in [0.3, 0.4) is 0 Å². The molecule has 2 aliphatic heterocycles. The van der Waals surface area contributed by atoms with Gasteiger partial charge in [-0.1, -0.05) is 30.3 Å². The fourth-order valence-electron chi connectivity index (χ4n) is 5.62. The summed E-state index contributed by atoms with van der Waals surface area (Å²) in [4.78, 5) is 29.3. The normalized spacial score (nSPS) is 24.4. The van der Waals surface area contributed by atoms with Gasteiger partial charge < -0.3 is 25.5 Å². The van der Waals surface area contributed by atoms with Crippen molar-refractivity contribution in [1.29, 1.82) is 0 Å². The van der Waals surface area contributed by atoms with Gasteiger partial charge in [0.25, 0.3) is 0 Å². The molecule has 2 saturated heterocycles. The van der Waals surface area contributed by atoms with Gasteiger partial charge in [0.15, 0.2) is 0 Å². The van der Waals surface area contributed by atoms with Crippen LogP contribution in [0.2, 0.25) is 0 Å². The molecule has 9 heteroatoms. The zero-order valence-corrected chi connectivity index (χ0v) is 21.5. The number of piperidine rings is 2. The lowest BCUT2D eigenvalue weighted by molar-refractivity contribution is -0.142. The van der Waals surface area contributed by atoms with E-state index in [9.17, 15) is 14.7 Å². The van der Waals surface area contributed by atoms with Crippen molar-refractivity contribution in [2.45, 2.75) is 76.0 Å². The van der Waals surface area contributed by atoms with Gasteiger partial charge in [-0.05, 0) is 70.0 Å². The van der Waals surface area contributed by atoms with Crippen molar-refractivity contribution in [2.75, 3.05) is 26.2 Å². The Bertz CT molecular complexity index is 748. The van der Waals surface area contributed by atoms with Crippen LogP contribution in [-0.4, -0.2) is 71.2 Å². The first-order chi connectivity index (χ1) is 15.6. The fourth-order valence-corrected chi connectivity index (χ4v) is 5.62. The van der Waals surface area contributed by atoms with Gasteiger partial charge in [0.1, 0.15) is 0 Å². The Morgan fingerprint density at radius 1 is 0.941 bits per heavy atom. The number of amides is 2. The van der Waals surface area contributed by atoms with Crippen molar-refractivity contribution >= 4 is 36.8 Å². The zero-order valence-electron chi connectivity index (χ0n) is 19.9. The second kappa shape index (κ2) is 14.1. The predicted octanol–water partition coefficient (Wildman–Crippen LogP) is 3.90. The third kappa shape index (κ3) is 7.74. The number of nitrogens with zero attached hydrogens (tertiary/aromatic N) is 2. The van der Waals surface area contributed by atoms with Gasteiger partial charge in [-0.3, -0.25) is 4.79 Å². The largest absolute Gasteiger partial charge is 0.481 e. The molecule has 4 rings (SSSR count). The van der Waals surface area contributed by atoms with Crippen molar-refractivity contribution in [1.82, 2.24) is 20.4 Å². The number of benzene rings is 1. The molecule has 0 bridgehead atoms. The standard InChI is InChI=1S/C25H38N4O3.2ClH/c30-24(31)20-6-8-21(9-7-20)27-25(32)29(18-19-4-2-1-3-5-19)23-12-16-28(17-13-23)22-10-14-26-15-11-22;;/h1-5,20-23,26H,6-18H2,(H,27,32)(H,30,31);2*1H. The number of carbonyl (C=O) groups excluding carboxylic acids is 1. The highest BCUT2D eigenvalue weighted by Crippen LogP contribution is 2.26. The summed E-state index contributed by atoms with van der Waals surface area (Å²) in [5, 5.41) is 15.9. The molecule has 192 valence electrons. The molecule has 34 heavy (non-hydrogen) atoms. The molecule has 7 nitrogen and oxygen atoms in total. The maximum Gasteiger partial charge on any atom is 0.318 e. The van der Waals surface area contributed by atoms with E-state index < -0.39 is 5.97 Å². The van der Waals surface area contributed by atoms with Gasteiger partial charge in [0.05, 0.1) is 5.92 Å². The van der Waals surface area contributed by atoms with Gasteiger partial charge in [0.2, 0.25) is 0 Å². The minimum Gasteiger partial charge on any atom is -0.481 e. The van der Waals surface area contributed by atoms with E-state index in [0.29, 0.717) is 25.4 Å². The highest BCUT2D eigenvalue weighted by molar-refractivity contribution is 5.85. The molecule has 0 atom stereocenters. The Hall–Kier alpha value is -1.54. The molecule has 1 aromatic carbocycles. The smallest absolute Gasteiger partial charge is 0.318 e. The second-order valence-corrected chi connectivity index (χ2v) is 9.70. The number of hydrogen-bond donors (Lipinski definition) is 3. The monoisotopic (exact) mass is 514 g/mol. The molecule has 3 fully saturated rings. The van der Waals surface area contributed by atoms with E-state index in [1.807, 2.05) is 23.1 Å². The minimum absolute atomic E-state index is 0. The highest BCUT2D eigenvalue weighted by atomic mass is 35.5. The summed E-state index contributed by atoms with van der Waals surface area (Å²) in [5.41, 5.74) is 1.15. The molecular weight excluding hydrogens is 475 g/mol. The van der Waals surface area contributed by atoms with Gasteiger partial charge in [0, 0.05) is 37.8 Å². The third-order valence-corrected chi connectivity index (χ3v) is 7.63. The van der Waals surface area contributed by atoms with Crippen molar-refractivity contribution in [3.8, 4) is 0 Å². The second-order valence-electron chi connectivity index (χ2n) is 9.70. The molecule has 1 saturated carbocycles. The van der Waals surface area contributed by atoms with Gasteiger partial charge in [-0.25, -0.2) is 4.79 Å². The summed E-state index contributed by atoms with van der Waals surface area (Å²) in [6.45, 7) is 4.94. The number of carboxylic acid groups (broad SMARTS) is 1. The molecule has 0 radical (unpaired) electrons. The Kier molecular flexibility index (Phi) is 11.9. The topological polar surface area (TPSA) is 84.9 Å². The van der Waals surface area contributed by atoms with Gasteiger partial charge >= 0.3 is 12.0 Å². The lowest BCUT2D eigenvalue weighted by atomic mass is 9.86. The highest BCUT2D eigenvalue weighted by Gasteiger charge is 2.33. The third-order valence-electron chi connectivity index (χ3n) is 7.63. The van der Waals surface area contributed by atoms with Crippen LogP contribution in [0.25, 0.3) is 0 Å². The van der Waals surface area contributed by atoms with Crippen LogP contribution in [0.1, 0.15) is 56.9 Å². The predicted molar refractivity (Wildman–Crippen MR) is 139 cm³/mol. The van der Waals surface area contributed by atoms with E-state index >= 15 is 0 Å². The van der Waals surface area contributed by atoms with Crippen LogP contribution in [-0.2, 0) is 11.3 Å². The van der Waals surface area contributed by atoms with Crippen LogP contribution in [0.5, 0.6) is 0 Å². The number of hydrogen-bond acceptors (Lipinski definition) is 4. The van der Waals surface area contributed by atoms with E-state index in [0.717, 1.165) is 57.4 Å². The van der Waals surface area contributed by atoms with Crippen LogP contribution < -0.4 is 10.6 Å². The summed E-state index contributed by atoms with van der Waals surface area (Å²) in [6.07, 6.45) is 7.24. The Morgan fingerprint density at radius 2 is 1.56 bits per heavy atom. The summed E-state index contributed by atoms with van der Waals surface area (Å²) in [7, 11) is 0. The number of carbonyl (C=O) groups is 2. The number of halogens is 2. The Morgan fingerprint density at radius 3 is 2.15 bits per heavy atom. The molecule has 0 aromatic heterocycles. The van der Waals surface area contributed by atoms with Crippen molar-refractivity contribution < 1.29 is 14.7 Å².